The summed E-state index contributed by atoms with van der Waals surface area (Å²) >= 11 is 0. The SMILES string of the molecule is COc1ccc(CN(C)Cc2nc(C)no2)cc1F. The Bertz CT molecular complexity index is 557. The van der Waals surface area contributed by atoms with E-state index >= 15 is 0 Å². The molecule has 0 aliphatic carbocycles. The van der Waals surface area contributed by atoms with Gasteiger partial charge in [-0.3, -0.25) is 4.90 Å². The summed E-state index contributed by atoms with van der Waals surface area (Å²) in [5.74, 6) is 1.05. The van der Waals surface area contributed by atoms with Gasteiger partial charge in [0.05, 0.1) is 13.7 Å². The Balaban J connectivity index is 1.98. The van der Waals surface area contributed by atoms with Crippen LogP contribution in [-0.2, 0) is 13.1 Å². The highest BCUT2D eigenvalue weighted by molar-refractivity contribution is 5.29. The number of hydrogen-bond donors (Lipinski definition) is 0. The van der Waals surface area contributed by atoms with Crippen LogP contribution in [-0.4, -0.2) is 29.2 Å². The van der Waals surface area contributed by atoms with E-state index in [1.165, 1.54) is 13.2 Å². The van der Waals surface area contributed by atoms with Gasteiger partial charge in [0.2, 0.25) is 5.89 Å². The van der Waals surface area contributed by atoms with Gasteiger partial charge in [0.1, 0.15) is 0 Å². The van der Waals surface area contributed by atoms with Gasteiger partial charge in [0.25, 0.3) is 0 Å². The van der Waals surface area contributed by atoms with E-state index in [0.29, 0.717) is 24.8 Å². The van der Waals surface area contributed by atoms with Crippen LogP contribution in [0.3, 0.4) is 0 Å². The summed E-state index contributed by atoms with van der Waals surface area (Å²) in [4.78, 5) is 6.09. The molecular weight excluding hydrogens is 249 g/mol. The standard InChI is InChI=1S/C13H16FN3O2/c1-9-15-13(19-16-9)8-17(2)7-10-4-5-12(18-3)11(14)6-10/h4-6H,7-8H2,1-3H3. The van der Waals surface area contributed by atoms with Crippen LogP contribution in [0.5, 0.6) is 5.75 Å². The minimum Gasteiger partial charge on any atom is -0.494 e. The summed E-state index contributed by atoms with van der Waals surface area (Å²) in [6.45, 7) is 2.88. The van der Waals surface area contributed by atoms with Crippen LogP contribution in [0, 0.1) is 12.7 Å². The molecule has 0 radical (unpaired) electrons. The third-order valence-electron chi connectivity index (χ3n) is 2.64. The maximum atomic E-state index is 13.5. The van der Waals surface area contributed by atoms with Crippen molar-refractivity contribution in [1.29, 1.82) is 0 Å². The smallest absolute Gasteiger partial charge is 0.240 e. The van der Waals surface area contributed by atoms with Crippen molar-refractivity contribution >= 4 is 0 Å². The summed E-state index contributed by atoms with van der Waals surface area (Å²) in [5.41, 5.74) is 0.858. The van der Waals surface area contributed by atoms with Crippen molar-refractivity contribution in [1.82, 2.24) is 15.0 Å². The van der Waals surface area contributed by atoms with E-state index in [-0.39, 0.29) is 11.6 Å². The molecule has 0 atom stereocenters. The van der Waals surface area contributed by atoms with Gasteiger partial charge in [-0.1, -0.05) is 11.2 Å². The number of aromatic nitrogens is 2. The molecule has 2 aromatic rings. The predicted molar refractivity (Wildman–Crippen MR) is 67.2 cm³/mol. The molecule has 0 saturated carbocycles. The van der Waals surface area contributed by atoms with Gasteiger partial charge < -0.3 is 9.26 Å². The minimum atomic E-state index is -0.359. The monoisotopic (exact) mass is 265 g/mol. The second-order valence-corrected chi connectivity index (χ2v) is 4.38. The Hall–Kier alpha value is -1.95. The lowest BCUT2D eigenvalue weighted by Crippen LogP contribution is -2.17. The normalized spacial score (nSPS) is 11.0. The van der Waals surface area contributed by atoms with Crippen LogP contribution in [0.4, 0.5) is 4.39 Å². The summed E-state index contributed by atoms with van der Waals surface area (Å²) in [6.07, 6.45) is 0. The van der Waals surface area contributed by atoms with E-state index < -0.39 is 0 Å². The van der Waals surface area contributed by atoms with Crippen molar-refractivity contribution in [3.05, 3.63) is 41.3 Å². The maximum absolute atomic E-state index is 13.5. The van der Waals surface area contributed by atoms with Crippen molar-refractivity contribution in [3.8, 4) is 5.75 Å². The van der Waals surface area contributed by atoms with Gasteiger partial charge in [-0.15, -0.1) is 0 Å². The zero-order valence-corrected chi connectivity index (χ0v) is 11.2. The summed E-state index contributed by atoms with van der Waals surface area (Å²) in [6, 6.07) is 4.92. The van der Waals surface area contributed by atoms with Crippen molar-refractivity contribution < 1.29 is 13.7 Å². The number of rotatable bonds is 5. The molecule has 19 heavy (non-hydrogen) atoms. The summed E-state index contributed by atoms with van der Waals surface area (Å²) in [5, 5.41) is 3.72. The van der Waals surface area contributed by atoms with Crippen LogP contribution in [0.2, 0.25) is 0 Å². The number of ether oxygens (including phenoxy) is 1. The molecule has 0 N–H and O–H groups in total. The van der Waals surface area contributed by atoms with Crippen LogP contribution in [0.15, 0.2) is 22.7 Å². The van der Waals surface area contributed by atoms with Crippen LogP contribution in [0.25, 0.3) is 0 Å². The highest BCUT2D eigenvalue weighted by Crippen LogP contribution is 2.18. The first-order chi connectivity index (χ1) is 9.08. The zero-order chi connectivity index (χ0) is 13.8. The Kier molecular flexibility index (Phi) is 4.11. The molecule has 102 valence electrons. The molecule has 1 aromatic carbocycles. The number of halogens is 1. The lowest BCUT2D eigenvalue weighted by Gasteiger charge is -2.14. The lowest BCUT2D eigenvalue weighted by molar-refractivity contribution is 0.260. The molecule has 0 saturated heterocycles. The van der Waals surface area contributed by atoms with Crippen molar-refractivity contribution in [2.75, 3.05) is 14.2 Å². The maximum Gasteiger partial charge on any atom is 0.240 e. The van der Waals surface area contributed by atoms with E-state index in [0.717, 1.165) is 5.56 Å². The number of benzene rings is 1. The quantitative estimate of drug-likeness (QED) is 0.829. The van der Waals surface area contributed by atoms with E-state index in [4.69, 9.17) is 9.26 Å². The van der Waals surface area contributed by atoms with E-state index in [1.807, 2.05) is 18.0 Å². The van der Waals surface area contributed by atoms with Gasteiger partial charge in [-0.25, -0.2) is 4.39 Å². The van der Waals surface area contributed by atoms with E-state index in [1.54, 1.807) is 13.0 Å². The molecule has 0 unspecified atom stereocenters. The summed E-state index contributed by atoms with van der Waals surface area (Å²) < 4.78 is 23.5. The topological polar surface area (TPSA) is 51.4 Å². The molecule has 0 bridgehead atoms. The van der Waals surface area contributed by atoms with Gasteiger partial charge in [0.15, 0.2) is 17.4 Å². The molecule has 1 aromatic heterocycles. The average molecular weight is 265 g/mol. The fourth-order valence-corrected chi connectivity index (χ4v) is 1.81. The molecule has 0 amide bonds. The molecule has 1 heterocycles. The van der Waals surface area contributed by atoms with E-state index in [9.17, 15) is 4.39 Å². The van der Waals surface area contributed by atoms with Gasteiger partial charge >= 0.3 is 0 Å². The molecule has 0 spiro atoms. The second-order valence-electron chi connectivity index (χ2n) is 4.38. The van der Waals surface area contributed by atoms with Crippen LogP contribution in [0.1, 0.15) is 17.3 Å². The third kappa shape index (κ3) is 3.51. The molecule has 0 fully saturated rings. The molecule has 0 aliphatic heterocycles. The Morgan fingerprint density at radius 1 is 1.37 bits per heavy atom. The fourth-order valence-electron chi connectivity index (χ4n) is 1.81. The first kappa shape index (κ1) is 13.5. The number of methoxy groups -OCH3 is 1. The first-order valence-electron chi connectivity index (χ1n) is 5.88. The lowest BCUT2D eigenvalue weighted by atomic mass is 10.2. The van der Waals surface area contributed by atoms with Gasteiger partial charge in [-0.05, 0) is 31.7 Å². The molecular formula is C13H16FN3O2. The number of hydrogen-bond acceptors (Lipinski definition) is 5. The fraction of sp³-hybridized carbons (Fsp3) is 0.385. The van der Waals surface area contributed by atoms with E-state index in [2.05, 4.69) is 10.1 Å². The van der Waals surface area contributed by atoms with Crippen LogP contribution >= 0.6 is 0 Å². The number of nitrogens with zero attached hydrogens (tertiary/aromatic N) is 3. The largest absolute Gasteiger partial charge is 0.494 e. The molecule has 5 nitrogen and oxygen atoms in total. The van der Waals surface area contributed by atoms with Crippen LogP contribution < -0.4 is 4.74 Å². The highest BCUT2D eigenvalue weighted by Gasteiger charge is 2.09. The van der Waals surface area contributed by atoms with Crippen molar-refractivity contribution in [2.45, 2.75) is 20.0 Å². The third-order valence-corrected chi connectivity index (χ3v) is 2.64. The minimum absolute atomic E-state index is 0.249. The summed E-state index contributed by atoms with van der Waals surface area (Å²) in [7, 11) is 3.35. The predicted octanol–water partition coefficient (Wildman–Crippen LogP) is 2.16. The molecule has 0 aliphatic rings. The average Bonchev–Trinajstić information content (AvgIpc) is 2.74. The molecule has 6 heteroatoms. The Morgan fingerprint density at radius 2 is 2.16 bits per heavy atom. The first-order valence-corrected chi connectivity index (χ1v) is 5.88. The zero-order valence-electron chi connectivity index (χ0n) is 11.2. The van der Waals surface area contributed by atoms with Crippen molar-refractivity contribution in [2.24, 2.45) is 0 Å². The van der Waals surface area contributed by atoms with Crippen molar-refractivity contribution in [3.63, 3.8) is 0 Å². The molecule has 2 rings (SSSR count). The van der Waals surface area contributed by atoms with Gasteiger partial charge in [0, 0.05) is 6.54 Å². The second kappa shape index (κ2) is 5.79. The Morgan fingerprint density at radius 3 is 2.74 bits per heavy atom. The highest BCUT2D eigenvalue weighted by atomic mass is 19.1. The Labute approximate surface area is 111 Å². The number of aryl methyl sites for hydroxylation is 1. The van der Waals surface area contributed by atoms with Gasteiger partial charge in [-0.2, -0.15) is 4.98 Å².